The molecule has 1 heterocycles. The van der Waals surface area contributed by atoms with Gasteiger partial charge in [0.05, 0.1) is 4.91 Å². The van der Waals surface area contributed by atoms with Crippen LogP contribution in [0, 0.1) is 0 Å². The molecule has 1 aliphatic heterocycles. The molecule has 7 nitrogen and oxygen atoms in total. The Morgan fingerprint density at radius 1 is 1.34 bits per heavy atom. The first-order valence-electron chi connectivity index (χ1n) is 8.95. The molecule has 3 N–H and O–H groups in total. The van der Waals surface area contributed by atoms with Crippen molar-refractivity contribution in [1.82, 2.24) is 10.2 Å². The number of thioether (sulfide) groups is 1. The average molecular weight is 457 g/mol. The van der Waals surface area contributed by atoms with E-state index in [0.29, 0.717) is 45.6 Å². The van der Waals surface area contributed by atoms with Crippen LogP contribution in [0.1, 0.15) is 38.2 Å². The third kappa shape index (κ3) is 6.73. The summed E-state index contributed by atoms with van der Waals surface area (Å²) < 4.78 is 0.441. The number of rotatable bonds is 9. The van der Waals surface area contributed by atoms with Crippen LogP contribution in [-0.4, -0.2) is 49.8 Å². The molecule has 0 bridgehead atoms. The first kappa shape index (κ1) is 23.2. The zero-order chi connectivity index (χ0) is 21.6. The van der Waals surface area contributed by atoms with Crippen molar-refractivity contribution in [3.8, 4) is 5.75 Å². The van der Waals surface area contributed by atoms with E-state index in [-0.39, 0.29) is 24.0 Å². The number of carbonyl (C=O) groups excluding carboxylic acids is 2. The van der Waals surface area contributed by atoms with Crippen LogP contribution in [0.4, 0.5) is 0 Å². The molecule has 0 spiro atoms. The van der Waals surface area contributed by atoms with Gasteiger partial charge in [-0.1, -0.05) is 42.0 Å². The second-order valence-electron chi connectivity index (χ2n) is 6.47. The lowest BCUT2D eigenvalue weighted by atomic mass is 10.1. The standard InChI is InChI=1S/C19H21ClN2O5S2/c1-11(18(26)27)21-16(24)5-3-2-4-8-22-17(25)15(29-19(22)28)10-12-9-13(20)6-7-14(12)23/h6-7,9-11,23H,2-5,8H2,1H3,(H,21,24)(H,26,27)/b15-10-. The molecule has 1 unspecified atom stereocenters. The summed E-state index contributed by atoms with van der Waals surface area (Å²) in [5.74, 6) is -1.59. The maximum Gasteiger partial charge on any atom is 0.325 e. The van der Waals surface area contributed by atoms with Crippen molar-refractivity contribution in [2.45, 2.75) is 38.6 Å². The van der Waals surface area contributed by atoms with Crippen LogP contribution < -0.4 is 5.32 Å². The number of aromatic hydroxyl groups is 1. The number of halogens is 1. The molecule has 156 valence electrons. The van der Waals surface area contributed by atoms with Gasteiger partial charge in [0.15, 0.2) is 0 Å². The van der Waals surface area contributed by atoms with Gasteiger partial charge in [-0.05, 0) is 44.0 Å². The molecule has 29 heavy (non-hydrogen) atoms. The first-order chi connectivity index (χ1) is 13.7. The lowest BCUT2D eigenvalue weighted by Crippen LogP contribution is -2.38. The number of benzene rings is 1. The van der Waals surface area contributed by atoms with Crippen molar-refractivity contribution < 1.29 is 24.6 Å². The number of amides is 2. The molecule has 1 fully saturated rings. The van der Waals surface area contributed by atoms with E-state index < -0.39 is 12.0 Å². The molecule has 0 aliphatic carbocycles. The number of hydrogen-bond acceptors (Lipinski definition) is 6. The molecular formula is C19H21ClN2O5S2. The molecule has 10 heteroatoms. The summed E-state index contributed by atoms with van der Waals surface area (Å²) in [5.41, 5.74) is 0.444. The Morgan fingerprint density at radius 2 is 2.07 bits per heavy atom. The Kier molecular flexibility index (Phi) is 8.48. The normalized spacial score (nSPS) is 16.3. The molecule has 1 atom stereocenters. The maximum absolute atomic E-state index is 12.6. The van der Waals surface area contributed by atoms with Gasteiger partial charge in [0, 0.05) is 23.6 Å². The molecular weight excluding hydrogens is 436 g/mol. The monoisotopic (exact) mass is 456 g/mol. The van der Waals surface area contributed by atoms with Gasteiger partial charge < -0.3 is 15.5 Å². The number of phenols is 1. The van der Waals surface area contributed by atoms with Crippen molar-refractivity contribution in [1.29, 1.82) is 0 Å². The fourth-order valence-electron chi connectivity index (χ4n) is 2.58. The van der Waals surface area contributed by atoms with Gasteiger partial charge in [-0.25, -0.2) is 0 Å². The lowest BCUT2D eigenvalue weighted by molar-refractivity contribution is -0.141. The zero-order valence-corrected chi connectivity index (χ0v) is 18.1. The lowest BCUT2D eigenvalue weighted by Gasteiger charge is -2.14. The minimum Gasteiger partial charge on any atom is -0.507 e. The molecule has 0 saturated carbocycles. The molecule has 0 radical (unpaired) electrons. The highest BCUT2D eigenvalue weighted by Crippen LogP contribution is 2.34. The molecule has 1 aliphatic rings. The Hall–Kier alpha value is -2.10. The SMILES string of the molecule is CC(NC(=O)CCCCCN1C(=O)/C(=C/c2cc(Cl)ccc2O)SC1=S)C(=O)O. The third-order valence-corrected chi connectivity index (χ3v) is 5.80. The first-order valence-corrected chi connectivity index (χ1v) is 10.6. The molecule has 2 rings (SSSR count). The number of carboxylic acid groups (broad SMARTS) is 1. The number of carbonyl (C=O) groups is 3. The van der Waals surface area contributed by atoms with Crippen LogP contribution >= 0.6 is 35.6 Å². The summed E-state index contributed by atoms with van der Waals surface area (Å²) in [4.78, 5) is 36.9. The van der Waals surface area contributed by atoms with E-state index in [1.807, 2.05) is 0 Å². The summed E-state index contributed by atoms with van der Waals surface area (Å²) in [6, 6.07) is 3.67. The quantitative estimate of drug-likeness (QED) is 0.297. The average Bonchev–Trinajstić information content (AvgIpc) is 2.91. The van der Waals surface area contributed by atoms with Crippen LogP contribution in [0.3, 0.4) is 0 Å². The molecule has 1 aromatic carbocycles. The molecule has 1 saturated heterocycles. The number of phenolic OH excluding ortho intramolecular Hbond substituents is 1. The van der Waals surface area contributed by atoms with E-state index in [1.54, 1.807) is 18.2 Å². The van der Waals surface area contributed by atoms with Crippen LogP contribution in [0.2, 0.25) is 5.02 Å². The fraction of sp³-hybridized carbons (Fsp3) is 0.368. The summed E-state index contributed by atoms with van der Waals surface area (Å²) in [7, 11) is 0. The summed E-state index contributed by atoms with van der Waals surface area (Å²) in [6.45, 7) is 1.84. The smallest absolute Gasteiger partial charge is 0.325 e. The number of aliphatic carboxylic acids is 1. The Bertz CT molecular complexity index is 859. The second-order valence-corrected chi connectivity index (χ2v) is 8.59. The number of hydrogen-bond donors (Lipinski definition) is 3. The molecule has 0 aromatic heterocycles. The predicted molar refractivity (Wildman–Crippen MR) is 117 cm³/mol. The number of unbranched alkanes of at least 4 members (excludes halogenated alkanes) is 2. The van der Waals surface area contributed by atoms with Crippen molar-refractivity contribution >= 4 is 63.8 Å². The highest BCUT2D eigenvalue weighted by Gasteiger charge is 2.31. The van der Waals surface area contributed by atoms with Gasteiger partial charge in [0.25, 0.3) is 5.91 Å². The van der Waals surface area contributed by atoms with E-state index in [9.17, 15) is 19.5 Å². The third-order valence-electron chi connectivity index (χ3n) is 4.18. The van der Waals surface area contributed by atoms with Crippen LogP contribution in [0.5, 0.6) is 5.75 Å². The van der Waals surface area contributed by atoms with Gasteiger partial charge in [-0.3, -0.25) is 19.3 Å². The molecule has 1 aromatic rings. The Morgan fingerprint density at radius 3 is 2.76 bits per heavy atom. The highest BCUT2D eigenvalue weighted by molar-refractivity contribution is 8.26. The number of nitrogens with one attached hydrogen (secondary N) is 1. The van der Waals surface area contributed by atoms with E-state index in [2.05, 4.69) is 5.32 Å². The number of carboxylic acids is 1. The Balaban J connectivity index is 1.82. The summed E-state index contributed by atoms with van der Waals surface area (Å²) in [6.07, 6.45) is 3.72. The largest absolute Gasteiger partial charge is 0.507 e. The van der Waals surface area contributed by atoms with Gasteiger partial charge in [0.2, 0.25) is 5.91 Å². The van der Waals surface area contributed by atoms with Crippen molar-refractivity contribution in [3.05, 3.63) is 33.7 Å². The Labute approximate surface area is 183 Å². The van der Waals surface area contributed by atoms with Crippen molar-refractivity contribution in [3.63, 3.8) is 0 Å². The van der Waals surface area contributed by atoms with Gasteiger partial charge in [0.1, 0.15) is 16.1 Å². The molecule has 2 amide bonds. The van der Waals surface area contributed by atoms with Crippen LogP contribution in [0.25, 0.3) is 6.08 Å². The maximum atomic E-state index is 12.6. The van der Waals surface area contributed by atoms with Gasteiger partial charge in [-0.15, -0.1) is 0 Å². The minimum absolute atomic E-state index is 0.0233. The van der Waals surface area contributed by atoms with Crippen molar-refractivity contribution in [2.24, 2.45) is 0 Å². The second kappa shape index (κ2) is 10.6. The summed E-state index contributed by atoms with van der Waals surface area (Å²) >= 11 is 12.4. The minimum atomic E-state index is -1.08. The van der Waals surface area contributed by atoms with E-state index >= 15 is 0 Å². The highest BCUT2D eigenvalue weighted by atomic mass is 35.5. The van der Waals surface area contributed by atoms with E-state index in [4.69, 9.17) is 28.9 Å². The van der Waals surface area contributed by atoms with E-state index in [1.165, 1.54) is 17.9 Å². The zero-order valence-electron chi connectivity index (χ0n) is 15.7. The van der Waals surface area contributed by atoms with Crippen LogP contribution in [0.15, 0.2) is 23.1 Å². The summed E-state index contributed by atoms with van der Waals surface area (Å²) in [5, 5.41) is 21.5. The van der Waals surface area contributed by atoms with Crippen molar-refractivity contribution in [2.75, 3.05) is 6.54 Å². The van der Waals surface area contributed by atoms with E-state index in [0.717, 1.165) is 11.8 Å². The van der Waals surface area contributed by atoms with Gasteiger partial charge >= 0.3 is 5.97 Å². The van der Waals surface area contributed by atoms with Gasteiger partial charge in [-0.2, -0.15) is 0 Å². The number of thiocarbonyl (C=S) groups is 1. The number of nitrogens with zero attached hydrogens (tertiary/aromatic N) is 1. The fourth-order valence-corrected chi connectivity index (χ4v) is 4.06. The topological polar surface area (TPSA) is 107 Å². The predicted octanol–water partition coefficient (Wildman–Crippen LogP) is 3.40. The van der Waals surface area contributed by atoms with Crippen LogP contribution in [-0.2, 0) is 14.4 Å².